The molecule has 0 radical (unpaired) electrons. The van der Waals surface area contributed by atoms with Crippen molar-refractivity contribution in [3.63, 3.8) is 0 Å². The maximum atomic E-state index is 12.3. The zero-order valence-corrected chi connectivity index (χ0v) is 18.4. The molecule has 0 bridgehead atoms. The van der Waals surface area contributed by atoms with Gasteiger partial charge in [0.15, 0.2) is 0 Å². The highest BCUT2D eigenvalue weighted by atomic mass is 32.2. The Morgan fingerprint density at radius 3 is 2.31 bits per heavy atom. The molecule has 5 nitrogen and oxygen atoms in total. The number of methoxy groups -OCH3 is 1. The van der Waals surface area contributed by atoms with Crippen molar-refractivity contribution in [1.82, 2.24) is 0 Å². The van der Waals surface area contributed by atoms with Crippen molar-refractivity contribution < 1.29 is 13.2 Å². The Labute approximate surface area is 187 Å². The average Bonchev–Trinajstić information content (AvgIpc) is 2.82. The van der Waals surface area contributed by atoms with E-state index in [2.05, 4.69) is 21.5 Å². The van der Waals surface area contributed by atoms with Gasteiger partial charge in [0.2, 0.25) is 0 Å². The summed E-state index contributed by atoms with van der Waals surface area (Å²) in [4.78, 5) is 0.113. The van der Waals surface area contributed by atoms with Gasteiger partial charge >= 0.3 is 0 Å². The lowest BCUT2D eigenvalue weighted by atomic mass is 10.0. The van der Waals surface area contributed by atoms with E-state index >= 15 is 0 Å². The molecule has 0 aliphatic carbocycles. The molecule has 0 heterocycles. The third-order valence-corrected chi connectivity index (χ3v) is 6.04. The van der Waals surface area contributed by atoms with E-state index in [4.69, 9.17) is 4.74 Å². The third-order valence-electron chi connectivity index (χ3n) is 4.88. The van der Waals surface area contributed by atoms with Crippen LogP contribution in [0.5, 0.6) is 5.75 Å². The smallest absolute Gasteiger partial charge is 0.299 e. The van der Waals surface area contributed by atoms with E-state index in [1.165, 1.54) is 12.1 Å². The van der Waals surface area contributed by atoms with Gasteiger partial charge in [-0.3, -0.25) is 0 Å². The van der Waals surface area contributed by atoms with Gasteiger partial charge in [-0.2, -0.15) is 8.42 Å². The van der Waals surface area contributed by atoms with Crippen molar-refractivity contribution in [2.75, 3.05) is 7.11 Å². The Bertz CT molecular complexity index is 1460. The standard InChI is InChI=1S/C26H20N2O3S/c1-19-6-15-25(16-7-19)32(29,30)28-27-23-12-9-20(10-13-23)8-11-21-4-3-5-22-18-24(31-2)14-17-26(21)22/h3-7,9-10,12-18H,1-2H3. The molecule has 4 aromatic rings. The van der Waals surface area contributed by atoms with Crippen LogP contribution in [0.25, 0.3) is 10.8 Å². The second-order valence-corrected chi connectivity index (χ2v) is 8.74. The van der Waals surface area contributed by atoms with E-state index in [1.54, 1.807) is 43.5 Å². The number of hydrogen-bond donors (Lipinski definition) is 0. The number of benzene rings is 4. The Balaban J connectivity index is 1.53. The molecule has 0 saturated heterocycles. The normalized spacial score (nSPS) is 11.3. The highest BCUT2D eigenvalue weighted by Crippen LogP contribution is 2.23. The summed E-state index contributed by atoms with van der Waals surface area (Å²) >= 11 is 0. The first kappa shape index (κ1) is 21.3. The minimum absolute atomic E-state index is 0.113. The summed E-state index contributed by atoms with van der Waals surface area (Å²) in [5.74, 6) is 7.15. The topological polar surface area (TPSA) is 68.1 Å². The number of rotatable bonds is 4. The van der Waals surface area contributed by atoms with Crippen LogP contribution in [0.2, 0.25) is 0 Å². The fourth-order valence-corrected chi connectivity index (χ4v) is 3.88. The molecule has 32 heavy (non-hydrogen) atoms. The minimum atomic E-state index is -3.84. The maximum absolute atomic E-state index is 12.3. The predicted octanol–water partition coefficient (Wildman–Crippen LogP) is 6.03. The molecule has 0 unspecified atom stereocenters. The summed E-state index contributed by atoms with van der Waals surface area (Å²) in [5, 5.41) is 5.98. The van der Waals surface area contributed by atoms with Gasteiger partial charge in [-0.05, 0) is 78.4 Å². The zero-order valence-electron chi connectivity index (χ0n) is 17.6. The first-order valence-corrected chi connectivity index (χ1v) is 11.3. The number of ether oxygens (including phenoxy) is 1. The lowest BCUT2D eigenvalue weighted by Crippen LogP contribution is -1.95. The van der Waals surface area contributed by atoms with Gasteiger partial charge in [0, 0.05) is 11.1 Å². The summed E-state index contributed by atoms with van der Waals surface area (Å²) in [5.41, 5.74) is 3.11. The van der Waals surface area contributed by atoms with Crippen molar-refractivity contribution in [3.05, 3.63) is 102 Å². The van der Waals surface area contributed by atoms with Gasteiger partial charge < -0.3 is 4.74 Å². The second kappa shape index (κ2) is 9.04. The van der Waals surface area contributed by atoms with Crippen LogP contribution in [0.3, 0.4) is 0 Å². The van der Waals surface area contributed by atoms with Crippen molar-refractivity contribution in [2.45, 2.75) is 11.8 Å². The van der Waals surface area contributed by atoms with E-state index in [0.29, 0.717) is 5.69 Å². The molecule has 158 valence electrons. The van der Waals surface area contributed by atoms with Gasteiger partial charge in [0.05, 0.1) is 17.7 Å². The van der Waals surface area contributed by atoms with E-state index < -0.39 is 10.0 Å². The first-order valence-electron chi connectivity index (χ1n) is 9.88. The quantitative estimate of drug-likeness (QED) is 0.287. The number of fused-ring (bicyclic) bond motifs is 1. The molecule has 0 aliphatic rings. The van der Waals surface area contributed by atoms with E-state index in [0.717, 1.165) is 33.2 Å². The Hall–Kier alpha value is -3.95. The van der Waals surface area contributed by atoms with Crippen LogP contribution >= 0.6 is 0 Å². The van der Waals surface area contributed by atoms with Gasteiger partial charge in [0.25, 0.3) is 10.0 Å². The Morgan fingerprint density at radius 2 is 1.59 bits per heavy atom. The second-order valence-electron chi connectivity index (χ2n) is 7.16. The monoisotopic (exact) mass is 440 g/mol. The number of hydrogen-bond acceptors (Lipinski definition) is 4. The molecule has 0 saturated carbocycles. The highest BCUT2D eigenvalue weighted by molar-refractivity contribution is 7.90. The Kier molecular flexibility index (Phi) is 6.02. The molecule has 6 heteroatoms. The van der Waals surface area contributed by atoms with Crippen molar-refractivity contribution in [2.24, 2.45) is 9.63 Å². The summed E-state index contributed by atoms with van der Waals surface area (Å²) in [6.07, 6.45) is 0. The van der Waals surface area contributed by atoms with Crippen LogP contribution in [-0.4, -0.2) is 15.5 Å². The van der Waals surface area contributed by atoms with Crippen molar-refractivity contribution >= 4 is 26.5 Å². The molecule has 0 N–H and O–H groups in total. The average molecular weight is 441 g/mol. The maximum Gasteiger partial charge on any atom is 0.299 e. The van der Waals surface area contributed by atoms with E-state index in [9.17, 15) is 8.42 Å². The highest BCUT2D eigenvalue weighted by Gasteiger charge is 2.12. The van der Waals surface area contributed by atoms with Crippen LogP contribution in [0.4, 0.5) is 5.69 Å². The van der Waals surface area contributed by atoms with Crippen LogP contribution in [0.15, 0.2) is 99.5 Å². The van der Waals surface area contributed by atoms with Crippen molar-refractivity contribution in [3.8, 4) is 17.6 Å². The van der Waals surface area contributed by atoms with Gasteiger partial charge in [0.1, 0.15) is 5.75 Å². The molecule has 0 fully saturated rings. The first-order chi connectivity index (χ1) is 15.4. The predicted molar refractivity (Wildman–Crippen MR) is 126 cm³/mol. The third kappa shape index (κ3) is 4.85. The lowest BCUT2D eigenvalue weighted by molar-refractivity contribution is 0.415. The summed E-state index contributed by atoms with van der Waals surface area (Å²) < 4.78 is 33.4. The number of sulfonamides is 1. The van der Waals surface area contributed by atoms with E-state index in [1.807, 2.05) is 43.3 Å². The number of aryl methyl sites for hydroxylation is 1. The van der Waals surface area contributed by atoms with Crippen LogP contribution in [0, 0.1) is 18.8 Å². The molecular weight excluding hydrogens is 420 g/mol. The SMILES string of the molecule is COc1ccc2c(C#Cc3ccc(N=NS(=O)(=O)c4ccc(C)cc4)cc3)cccc2c1. The van der Waals surface area contributed by atoms with Crippen LogP contribution in [0.1, 0.15) is 16.7 Å². The molecule has 4 rings (SSSR count). The van der Waals surface area contributed by atoms with Crippen LogP contribution in [-0.2, 0) is 10.0 Å². The van der Waals surface area contributed by atoms with Gasteiger partial charge in [-0.25, -0.2) is 0 Å². The van der Waals surface area contributed by atoms with Crippen molar-refractivity contribution in [1.29, 1.82) is 0 Å². The molecule has 0 atom stereocenters. The van der Waals surface area contributed by atoms with Crippen LogP contribution < -0.4 is 4.74 Å². The molecule has 4 aromatic carbocycles. The molecular formula is C26H20N2O3S. The molecule has 0 aliphatic heterocycles. The minimum Gasteiger partial charge on any atom is -0.497 e. The van der Waals surface area contributed by atoms with Gasteiger partial charge in [-0.15, -0.1) is 5.11 Å². The fourth-order valence-electron chi connectivity index (χ4n) is 3.11. The lowest BCUT2D eigenvalue weighted by Gasteiger charge is -2.04. The van der Waals surface area contributed by atoms with E-state index in [-0.39, 0.29) is 4.90 Å². The Morgan fingerprint density at radius 1 is 0.844 bits per heavy atom. The van der Waals surface area contributed by atoms with Gasteiger partial charge in [-0.1, -0.05) is 46.2 Å². The summed E-state index contributed by atoms with van der Waals surface area (Å²) in [6, 6.07) is 25.3. The summed E-state index contributed by atoms with van der Waals surface area (Å²) in [6.45, 7) is 1.89. The molecule has 0 aromatic heterocycles. The number of nitrogens with zero attached hydrogens (tertiary/aromatic N) is 2. The largest absolute Gasteiger partial charge is 0.497 e. The molecule has 0 spiro atoms. The fraction of sp³-hybridized carbons (Fsp3) is 0.0769. The zero-order chi connectivity index (χ0) is 22.6. The summed E-state index contributed by atoms with van der Waals surface area (Å²) in [7, 11) is -2.19. The molecule has 0 amide bonds.